The normalized spacial score (nSPS) is 17.2. The average Bonchev–Trinajstić information content (AvgIpc) is 2.78. The van der Waals surface area contributed by atoms with Gasteiger partial charge in [-0.1, -0.05) is 19.4 Å². The molecule has 1 aliphatic rings. The lowest BCUT2D eigenvalue weighted by molar-refractivity contribution is 0.372. The van der Waals surface area contributed by atoms with Gasteiger partial charge in [0.2, 0.25) is 0 Å². The van der Waals surface area contributed by atoms with Crippen LogP contribution >= 0.6 is 23.5 Å². The highest BCUT2D eigenvalue weighted by atomic mass is 32.2. The Balaban J connectivity index is 2.05. The third kappa shape index (κ3) is 3.53. The molecule has 0 saturated heterocycles. The van der Waals surface area contributed by atoms with Crippen LogP contribution in [0.4, 0.5) is 0 Å². The van der Waals surface area contributed by atoms with Gasteiger partial charge in [0.25, 0.3) is 0 Å². The summed E-state index contributed by atoms with van der Waals surface area (Å²) in [6, 6.07) is 0. The topological polar surface area (TPSA) is 29.0 Å². The molecule has 2 heterocycles. The molecule has 0 N–H and O–H groups in total. The van der Waals surface area contributed by atoms with E-state index in [1.807, 2.05) is 11.8 Å². The van der Waals surface area contributed by atoms with Gasteiger partial charge in [-0.25, -0.2) is 0 Å². The van der Waals surface area contributed by atoms with Crippen LogP contribution in [-0.4, -0.2) is 39.5 Å². The van der Waals surface area contributed by atoms with Crippen molar-refractivity contribution in [3.05, 3.63) is 11.8 Å². The van der Waals surface area contributed by atoms with E-state index < -0.39 is 0 Å². The van der Waals surface area contributed by atoms with Gasteiger partial charge in [0, 0.05) is 13.1 Å². The number of unbranched alkanes of at least 4 members (excludes halogenated alkanes) is 1. The second kappa shape index (κ2) is 6.52. The van der Waals surface area contributed by atoms with Gasteiger partial charge in [0.1, 0.15) is 10.7 Å². The predicted molar refractivity (Wildman–Crippen MR) is 75.6 cm³/mol. The van der Waals surface area contributed by atoms with Crippen molar-refractivity contribution in [2.45, 2.75) is 31.2 Å². The highest BCUT2D eigenvalue weighted by Crippen LogP contribution is 2.29. The van der Waals surface area contributed by atoms with Crippen LogP contribution < -0.4 is 0 Å². The molecule has 5 heteroatoms. The van der Waals surface area contributed by atoms with E-state index in [1.54, 1.807) is 0 Å². The van der Waals surface area contributed by atoms with E-state index in [4.69, 9.17) is 0 Å². The fraction of sp³-hybridized carbons (Fsp3) is 0.667. The van der Waals surface area contributed by atoms with Crippen LogP contribution in [0.3, 0.4) is 0 Å². The Hall–Kier alpha value is -0.390. The maximum Gasteiger partial charge on any atom is 0.138 e. The minimum Gasteiger partial charge on any atom is -0.302 e. The molecule has 1 aromatic rings. The molecular formula is C12H19N3S2. The molecule has 0 atom stereocenters. The van der Waals surface area contributed by atoms with Crippen LogP contribution in [-0.2, 0) is 0 Å². The van der Waals surface area contributed by atoms with Crippen molar-refractivity contribution in [1.82, 2.24) is 13.6 Å². The van der Waals surface area contributed by atoms with Crippen molar-refractivity contribution in [2.75, 3.05) is 25.9 Å². The molecular weight excluding hydrogens is 249 g/mol. The van der Waals surface area contributed by atoms with Crippen molar-refractivity contribution in [3.63, 3.8) is 0 Å². The van der Waals surface area contributed by atoms with Gasteiger partial charge in [-0.3, -0.25) is 0 Å². The fourth-order valence-corrected chi connectivity index (χ4v) is 3.64. The highest BCUT2D eigenvalue weighted by molar-refractivity contribution is 7.99. The van der Waals surface area contributed by atoms with E-state index in [9.17, 15) is 0 Å². The van der Waals surface area contributed by atoms with Crippen LogP contribution in [0, 0.1) is 0 Å². The van der Waals surface area contributed by atoms with Gasteiger partial charge in [0.05, 0.1) is 11.7 Å². The summed E-state index contributed by atoms with van der Waals surface area (Å²) in [6.07, 6.45) is 5.94. The summed E-state index contributed by atoms with van der Waals surface area (Å²) in [4.78, 5) is 2.34. The summed E-state index contributed by atoms with van der Waals surface area (Å²) in [5, 5.41) is 1.13. The Labute approximate surface area is 112 Å². The Morgan fingerprint density at radius 3 is 3.12 bits per heavy atom. The Kier molecular flexibility index (Phi) is 5.00. The zero-order chi connectivity index (χ0) is 12.1. The molecule has 1 aliphatic heterocycles. The first-order valence-electron chi connectivity index (χ1n) is 6.14. The van der Waals surface area contributed by atoms with Gasteiger partial charge >= 0.3 is 0 Å². The molecule has 94 valence electrons. The molecule has 0 saturated carbocycles. The van der Waals surface area contributed by atoms with Gasteiger partial charge < -0.3 is 4.90 Å². The van der Waals surface area contributed by atoms with Gasteiger partial charge in [-0.05, 0) is 31.2 Å². The van der Waals surface area contributed by atoms with Crippen molar-refractivity contribution in [2.24, 2.45) is 0 Å². The van der Waals surface area contributed by atoms with Gasteiger partial charge in [-0.15, -0.1) is 11.8 Å². The molecule has 0 spiro atoms. The lowest BCUT2D eigenvalue weighted by Gasteiger charge is -2.22. The first-order valence-corrected chi connectivity index (χ1v) is 7.86. The van der Waals surface area contributed by atoms with Crippen LogP contribution in [0.15, 0.2) is 11.1 Å². The van der Waals surface area contributed by atoms with E-state index in [-0.39, 0.29) is 0 Å². The number of thioether (sulfide) groups is 1. The molecule has 3 nitrogen and oxygen atoms in total. The van der Waals surface area contributed by atoms with Gasteiger partial charge in [-0.2, -0.15) is 8.75 Å². The number of rotatable bonds is 5. The van der Waals surface area contributed by atoms with E-state index >= 15 is 0 Å². The van der Waals surface area contributed by atoms with Crippen LogP contribution in [0.25, 0.3) is 5.57 Å². The predicted octanol–water partition coefficient (Wildman–Crippen LogP) is 3.15. The van der Waals surface area contributed by atoms with E-state index in [2.05, 4.69) is 33.7 Å². The largest absolute Gasteiger partial charge is 0.302 e. The molecule has 0 radical (unpaired) electrons. The van der Waals surface area contributed by atoms with Gasteiger partial charge in [0.15, 0.2) is 0 Å². The van der Waals surface area contributed by atoms with E-state index in [1.165, 1.54) is 30.1 Å². The zero-order valence-electron chi connectivity index (χ0n) is 10.5. The quantitative estimate of drug-likeness (QED) is 0.606. The average molecular weight is 268 g/mol. The molecule has 0 fully saturated rings. The lowest BCUT2D eigenvalue weighted by Crippen LogP contribution is -2.25. The zero-order valence-corrected chi connectivity index (χ0v) is 12.1. The first-order chi connectivity index (χ1) is 8.31. The minimum absolute atomic E-state index is 1.01. The smallest absolute Gasteiger partial charge is 0.138 e. The van der Waals surface area contributed by atoms with Crippen molar-refractivity contribution >= 4 is 29.1 Å². The third-order valence-corrected chi connectivity index (χ3v) is 4.54. The Bertz CT molecular complexity index is 387. The molecule has 0 aliphatic carbocycles. The molecule has 0 aromatic carbocycles. The Morgan fingerprint density at radius 1 is 1.47 bits per heavy atom. The van der Waals surface area contributed by atoms with Crippen LogP contribution in [0.2, 0.25) is 0 Å². The summed E-state index contributed by atoms with van der Waals surface area (Å²) < 4.78 is 8.89. The SMILES string of the molecule is CN1CCC=C(c2nsnc2SCCC[11CH3])C1. The summed E-state index contributed by atoms with van der Waals surface area (Å²) in [5.74, 6) is 1.15. The van der Waals surface area contributed by atoms with Crippen LogP contribution in [0.5, 0.6) is 0 Å². The summed E-state index contributed by atoms with van der Waals surface area (Å²) in [6.45, 7) is 4.38. The summed E-state index contributed by atoms with van der Waals surface area (Å²) >= 11 is 3.19. The number of hydrogen-bond donors (Lipinski definition) is 0. The van der Waals surface area contributed by atoms with Crippen LogP contribution in [0.1, 0.15) is 31.9 Å². The first kappa shape index (κ1) is 13.1. The minimum atomic E-state index is 1.01. The molecule has 17 heavy (non-hydrogen) atoms. The number of hydrogen-bond acceptors (Lipinski definition) is 5. The van der Waals surface area contributed by atoms with Crippen molar-refractivity contribution in [3.8, 4) is 0 Å². The number of aromatic nitrogens is 2. The second-order valence-electron chi connectivity index (χ2n) is 4.38. The summed E-state index contributed by atoms with van der Waals surface area (Å²) in [5.41, 5.74) is 2.48. The molecule has 0 bridgehead atoms. The monoisotopic (exact) mass is 268 g/mol. The summed E-state index contributed by atoms with van der Waals surface area (Å²) in [7, 11) is 2.16. The molecule has 1 aromatic heterocycles. The maximum atomic E-state index is 4.47. The second-order valence-corrected chi connectivity index (χ2v) is 5.99. The standard InChI is InChI=1S/C12H19N3S2/c1-3-4-8-16-12-11(13-17-14-12)10-6-5-7-15(2)9-10/h6H,3-5,7-9H2,1-2H3/i1-1. The Morgan fingerprint density at radius 2 is 2.35 bits per heavy atom. The fourth-order valence-electron chi connectivity index (χ4n) is 1.85. The maximum absolute atomic E-state index is 4.47. The van der Waals surface area contributed by atoms with E-state index in [0.29, 0.717) is 0 Å². The lowest BCUT2D eigenvalue weighted by atomic mass is 10.1. The number of nitrogens with zero attached hydrogens (tertiary/aromatic N) is 3. The highest BCUT2D eigenvalue weighted by Gasteiger charge is 2.17. The van der Waals surface area contributed by atoms with E-state index in [0.717, 1.165) is 36.0 Å². The number of likely N-dealkylation sites (N-methyl/N-ethyl adjacent to an activating group) is 1. The third-order valence-electron chi connectivity index (χ3n) is 2.84. The van der Waals surface area contributed by atoms with Crippen molar-refractivity contribution in [1.29, 1.82) is 0 Å². The molecule has 0 amide bonds. The molecule has 2 rings (SSSR count). The molecule has 0 unspecified atom stereocenters. The van der Waals surface area contributed by atoms with Crippen molar-refractivity contribution < 1.29 is 0 Å².